The summed E-state index contributed by atoms with van der Waals surface area (Å²) in [5.74, 6) is 0.0833. The van der Waals surface area contributed by atoms with E-state index in [0.717, 1.165) is 0 Å². The van der Waals surface area contributed by atoms with Crippen molar-refractivity contribution in [1.82, 2.24) is 5.16 Å². The van der Waals surface area contributed by atoms with Crippen LogP contribution >= 0.6 is 0 Å². The van der Waals surface area contributed by atoms with Crippen molar-refractivity contribution in [3.63, 3.8) is 0 Å². The maximum Gasteiger partial charge on any atom is 0.264 e. The van der Waals surface area contributed by atoms with Crippen LogP contribution in [0.1, 0.15) is 42.7 Å². The van der Waals surface area contributed by atoms with Crippen LogP contribution in [-0.4, -0.2) is 19.4 Å². The molecule has 0 saturated heterocycles. The van der Waals surface area contributed by atoms with Crippen LogP contribution in [0.15, 0.2) is 39.8 Å². The largest absolute Gasteiger partial charge is 0.338 e. The average molecular weight is 308 g/mol. The number of hydrogen-bond acceptors (Lipinski definition) is 5. The molecule has 0 saturated carbocycles. The molecule has 1 heterocycles. The predicted octanol–water partition coefficient (Wildman–Crippen LogP) is 2.80. The lowest BCUT2D eigenvalue weighted by molar-refractivity contribution is 0.101. The number of hydrogen-bond donors (Lipinski definition) is 1. The Morgan fingerprint density at radius 1 is 1.24 bits per heavy atom. The van der Waals surface area contributed by atoms with Gasteiger partial charge in [0.1, 0.15) is 0 Å². The molecule has 1 aromatic heterocycles. The fraction of sp³-hybridized carbons (Fsp3) is 0.286. The summed E-state index contributed by atoms with van der Waals surface area (Å²) >= 11 is 0. The number of aromatic nitrogens is 1. The zero-order valence-electron chi connectivity index (χ0n) is 12.0. The van der Waals surface area contributed by atoms with E-state index < -0.39 is 10.0 Å². The Morgan fingerprint density at radius 3 is 2.33 bits per heavy atom. The molecule has 6 nitrogen and oxygen atoms in total. The van der Waals surface area contributed by atoms with E-state index >= 15 is 0 Å². The third-order valence-corrected chi connectivity index (χ3v) is 4.29. The SMILES string of the molecule is CC(=O)c1ccc(S(=O)(=O)Nc2cc(C(C)C)no2)cc1. The van der Waals surface area contributed by atoms with Crippen molar-refractivity contribution in [3.05, 3.63) is 41.6 Å². The van der Waals surface area contributed by atoms with Gasteiger partial charge in [-0.15, -0.1) is 0 Å². The molecular weight excluding hydrogens is 292 g/mol. The highest BCUT2D eigenvalue weighted by Gasteiger charge is 2.18. The van der Waals surface area contributed by atoms with Crippen molar-refractivity contribution in [2.75, 3.05) is 4.72 Å². The first-order chi connectivity index (χ1) is 9.79. The number of nitrogens with zero attached hydrogens (tertiary/aromatic N) is 1. The molecule has 112 valence electrons. The zero-order chi connectivity index (χ0) is 15.6. The van der Waals surface area contributed by atoms with E-state index in [9.17, 15) is 13.2 Å². The van der Waals surface area contributed by atoms with Crippen LogP contribution in [0.5, 0.6) is 0 Å². The number of carbonyl (C=O) groups is 1. The molecule has 1 aromatic carbocycles. The number of carbonyl (C=O) groups excluding carboxylic acids is 1. The minimum absolute atomic E-state index is 0.0509. The van der Waals surface area contributed by atoms with Crippen molar-refractivity contribution < 1.29 is 17.7 Å². The highest BCUT2D eigenvalue weighted by atomic mass is 32.2. The molecule has 0 aliphatic carbocycles. The molecule has 2 aromatic rings. The Labute approximate surface area is 123 Å². The number of anilines is 1. The Kier molecular flexibility index (Phi) is 4.13. The fourth-order valence-electron chi connectivity index (χ4n) is 1.67. The standard InChI is InChI=1S/C14H16N2O4S/c1-9(2)13-8-14(20-15-13)16-21(18,19)12-6-4-11(5-7-12)10(3)17/h4-9,16H,1-3H3. The first-order valence-corrected chi connectivity index (χ1v) is 7.88. The molecule has 21 heavy (non-hydrogen) atoms. The second-order valence-electron chi connectivity index (χ2n) is 4.96. The smallest absolute Gasteiger partial charge is 0.264 e. The molecule has 1 N–H and O–H groups in total. The molecule has 0 bridgehead atoms. The number of rotatable bonds is 5. The van der Waals surface area contributed by atoms with E-state index in [1.54, 1.807) is 6.07 Å². The van der Waals surface area contributed by atoms with Gasteiger partial charge in [-0.3, -0.25) is 4.79 Å². The van der Waals surface area contributed by atoms with Crippen LogP contribution in [0.4, 0.5) is 5.88 Å². The van der Waals surface area contributed by atoms with Gasteiger partial charge in [0.25, 0.3) is 10.0 Å². The lowest BCUT2D eigenvalue weighted by atomic mass is 10.1. The Bertz CT molecular complexity index is 746. The summed E-state index contributed by atoms with van der Waals surface area (Å²) in [5, 5.41) is 3.78. The van der Waals surface area contributed by atoms with Gasteiger partial charge in [0.05, 0.1) is 10.6 Å². The molecule has 0 aliphatic heterocycles. The second kappa shape index (κ2) is 5.69. The number of Topliss-reactive ketones (excluding diaryl/α,β-unsaturated/α-hetero) is 1. The summed E-state index contributed by atoms with van der Waals surface area (Å²) in [7, 11) is -3.76. The number of sulfonamides is 1. The van der Waals surface area contributed by atoms with E-state index in [1.165, 1.54) is 31.2 Å². The molecular formula is C14H16N2O4S. The van der Waals surface area contributed by atoms with Crippen LogP contribution in [-0.2, 0) is 10.0 Å². The monoisotopic (exact) mass is 308 g/mol. The Morgan fingerprint density at radius 2 is 1.86 bits per heavy atom. The normalized spacial score (nSPS) is 11.6. The number of ketones is 1. The van der Waals surface area contributed by atoms with Gasteiger partial charge in [-0.25, -0.2) is 13.1 Å². The van der Waals surface area contributed by atoms with Crippen LogP contribution in [0.2, 0.25) is 0 Å². The van der Waals surface area contributed by atoms with Crippen LogP contribution in [0.3, 0.4) is 0 Å². The summed E-state index contributed by atoms with van der Waals surface area (Å²) in [6.45, 7) is 5.27. The summed E-state index contributed by atoms with van der Waals surface area (Å²) < 4.78 is 31.6. The van der Waals surface area contributed by atoms with E-state index in [2.05, 4.69) is 9.88 Å². The van der Waals surface area contributed by atoms with Gasteiger partial charge in [0, 0.05) is 11.6 Å². The van der Waals surface area contributed by atoms with Crippen molar-refractivity contribution in [3.8, 4) is 0 Å². The van der Waals surface area contributed by atoms with Gasteiger partial charge < -0.3 is 4.52 Å². The zero-order valence-corrected chi connectivity index (χ0v) is 12.8. The molecule has 0 radical (unpaired) electrons. The van der Waals surface area contributed by atoms with Gasteiger partial charge in [-0.05, 0) is 25.0 Å². The first kappa shape index (κ1) is 15.2. The highest BCUT2D eigenvalue weighted by molar-refractivity contribution is 7.92. The minimum Gasteiger partial charge on any atom is -0.338 e. The van der Waals surface area contributed by atoms with Crippen molar-refractivity contribution in [2.45, 2.75) is 31.6 Å². The van der Waals surface area contributed by atoms with Gasteiger partial charge in [-0.2, -0.15) is 0 Å². The Hall–Kier alpha value is -2.15. The van der Waals surface area contributed by atoms with Crippen LogP contribution < -0.4 is 4.72 Å². The van der Waals surface area contributed by atoms with E-state index in [1.807, 2.05) is 13.8 Å². The quantitative estimate of drug-likeness (QED) is 0.858. The molecule has 0 unspecified atom stereocenters. The first-order valence-electron chi connectivity index (χ1n) is 6.40. The predicted molar refractivity (Wildman–Crippen MR) is 77.8 cm³/mol. The number of nitrogens with one attached hydrogen (secondary N) is 1. The fourth-order valence-corrected chi connectivity index (χ4v) is 2.64. The lowest BCUT2D eigenvalue weighted by Crippen LogP contribution is -2.12. The average Bonchev–Trinajstić information content (AvgIpc) is 2.87. The van der Waals surface area contributed by atoms with Gasteiger partial charge in [-0.1, -0.05) is 31.1 Å². The molecule has 0 spiro atoms. The summed E-state index contributed by atoms with van der Waals surface area (Å²) in [4.78, 5) is 11.2. The summed E-state index contributed by atoms with van der Waals surface area (Å²) in [6.07, 6.45) is 0. The molecule has 2 rings (SSSR count). The summed E-state index contributed by atoms with van der Waals surface area (Å²) in [5.41, 5.74) is 1.12. The van der Waals surface area contributed by atoms with E-state index in [-0.39, 0.29) is 22.5 Å². The van der Waals surface area contributed by atoms with Gasteiger partial charge in [0.15, 0.2) is 5.78 Å². The van der Waals surface area contributed by atoms with Crippen LogP contribution in [0, 0.1) is 0 Å². The molecule has 0 aliphatic rings. The third kappa shape index (κ3) is 3.49. The van der Waals surface area contributed by atoms with Crippen molar-refractivity contribution >= 4 is 21.7 Å². The van der Waals surface area contributed by atoms with Crippen LogP contribution in [0.25, 0.3) is 0 Å². The van der Waals surface area contributed by atoms with E-state index in [0.29, 0.717) is 11.3 Å². The highest BCUT2D eigenvalue weighted by Crippen LogP contribution is 2.21. The maximum absolute atomic E-state index is 12.2. The Balaban J connectivity index is 2.22. The second-order valence-corrected chi connectivity index (χ2v) is 6.64. The number of benzene rings is 1. The van der Waals surface area contributed by atoms with E-state index in [4.69, 9.17) is 4.52 Å². The molecule has 0 atom stereocenters. The van der Waals surface area contributed by atoms with Gasteiger partial charge >= 0.3 is 0 Å². The summed E-state index contributed by atoms with van der Waals surface area (Å²) in [6, 6.07) is 7.23. The topological polar surface area (TPSA) is 89.3 Å². The third-order valence-electron chi connectivity index (χ3n) is 2.93. The molecule has 7 heteroatoms. The molecule has 0 amide bonds. The minimum atomic E-state index is -3.76. The molecule has 0 fully saturated rings. The van der Waals surface area contributed by atoms with Gasteiger partial charge in [0.2, 0.25) is 5.88 Å². The maximum atomic E-state index is 12.2. The van der Waals surface area contributed by atoms with Crippen molar-refractivity contribution in [2.24, 2.45) is 0 Å². The van der Waals surface area contributed by atoms with Crippen molar-refractivity contribution in [1.29, 1.82) is 0 Å². The lowest BCUT2D eigenvalue weighted by Gasteiger charge is -2.05.